The zero-order valence-corrected chi connectivity index (χ0v) is 13.1. The summed E-state index contributed by atoms with van der Waals surface area (Å²) < 4.78 is 0.975. The van der Waals surface area contributed by atoms with Gasteiger partial charge in [0.25, 0.3) is 5.91 Å². The molecule has 1 aromatic heterocycles. The average Bonchev–Trinajstić information content (AvgIpc) is 3.04. The van der Waals surface area contributed by atoms with Crippen LogP contribution in [0.2, 0.25) is 0 Å². The van der Waals surface area contributed by atoms with Gasteiger partial charge >= 0.3 is 0 Å². The van der Waals surface area contributed by atoms with Crippen LogP contribution in [-0.2, 0) is 4.79 Å². The molecule has 20 heavy (non-hydrogen) atoms. The summed E-state index contributed by atoms with van der Waals surface area (Å²) in [5.41, 5.74) is 2.16. The maximum absolute atomic E-state index is 12.5. The fourth-order valence-corrected chi connectivity index (χ4v) is 2.88. The van der Waals surface area contributed by atoms with Crippen LogP contribution in [0.3, 0.4) is 0 Å². The lowest BCUT2D eigenvalue weighted by Crippen LogP contribution is -2.21. The van der Waals surface area contributed by atoms with E-state index < -0.39 is 0 Å². The molecule has 1 aliphatic rings. The van der Waals surface area contributed by atoms with E-state index in [2.05, 4.69) is 21.0 Å². The Labute approximate surface area is 129 Å². The second-order valence-electron chi connectivity index (χ2n) is 4.35. The van der Waals surface area contributed by atoms with Gasteiger partial charge in [0, 0.05) is 9.35 Å². The number of carbonyl (C=O) groups is 1. The maximum atomic E-state index is 12.5. The van der Waals surface area contributed by atoms with Crippen molar-refractivity contribution in [1.29, 1.82) is 0 Å². The summed E-state index contributed by atoms with van der Waals surface area (Å²) in [5, 5.41) is 7.79. The number of anilines is 1. The van der Waals surface area contributed by atoms with Crippen LogP contribution in [0, 0.1) is 0 Å². The Hall–Kier alpha value is -1.72. The van der Waals surface area contributed by atoms with E-state index in [1.807, 2.05) is 54.8 Å². The lowest BCUT2D eigenvalue weighted by Gasteiger charge is -2.11. The normalized spacial score (nSPS) is 16.9. The molecule has 2 heterocycles. The Bertz CT molecular complexity index is 702. The van der Waals surface area contributed by atoms with Crippen LogP contribution in [-0.4, -0.2) is 11.6 Å². The summed E-state index contributed by atoms with van der Waals surface area (Å²) in [7, 11) is 0. The molecule has 0 unspecified atom stereocenters. The van der Waals surface area contributed by atoms with Gasteiger partial charge in [-0.2, -0.15) is 10.1 Å². The lowest BCUT2D eigenvalue weighted by atomic mass is 10.1. The highest BCUT2D eigenvalue weighted by molar-refractivity contribution is 9.10. The molecule has 1 aromatic carbocycles. The van der Waals surface area contributed by atoms with Gasteiger partial charge in [0.05, 0.1) is 17.0 Å². The molecule has 1 aliphatic heterocycles. The Morgan fingerprint density at radius 2 is 2.00 bits per heavy atom. The predicted molar refractivity (Wildman–Crippen MR) is 87.0 cm³/mol. The quantitative estimate of drug-likeness (QED) is 0.745. The Kier molecular flexibility index (Phi) is 3.54. The first kappa shape index (κ1) is 13.3. The van der Waals surface area contributed by atoms with E-state index in [0.29, 0.717) is 5.57 Å². The molecule has 100 valence electrons. The molecule has 3 nitrogen and oxygen atoms in total. The summed E-state index contributed by atoms with van der Waals surface area (Å²) in [5.74, 6) is -0.0850. The largest absolute Gasteiger partial charge is 0.280 e. The third kappa shape index (κ3) is 2.46. The van der Waals surface area contributed by atoms with Gasteiger partial charge in [-0.1, -0.05) is 22.0 Å². The van der Waals surface area contributed by atoms with Gasteiger partial charge in [-0.05, 0) is 48.7 Å². The molecular formula is C15H11BrN2OS. The van der Waals surface area contributed by atoms with Crippen molar-refractivity contribution in [3.05, 3.63) is 56.7 Å². The Morgan fingerprint density at radius 3 is 2.65 bits per heavy atom. The number of benzene rings is 1. The fraction of sp³-hybridized carbons (Fsp3) is 0.0667. The Balaban J connectivity index is 1.94. The molecule has 0 saturated carbocycles. The molecule has 0 fully saturated rings. The molecule has 0 spiro atoms. The maximum Gasteiger partial charge on any atom is 0.280 e. The number of hydrogen-bond acceptors (Lipinski definition) is 3. The topological polar surface area (TPSA) is 32.7 Å². The minimum absolute atomic E-state index is 0.0850. The van der Waals surface area contributed by atoms with Crippen molar-refractivity contribution in [3.8, 4) is 0 Å². The zero-order chi connectivity index (χ0) is 14.1. The average molecular weight is 347 g/mol. The van der Waals surface area contributed by atoms with Crippen LogP contribution < -0.4 is 5.01 Å². The summed E-state index contributed by atoms with van der Waals surface area (Å²) in [6.07, 6.45) is 1.89. The minimum Gasteiger partial charge on any atom is -0.267 e. The van der Waals surface area contributed by atoms with Gasteiger partial charge in [-0.15, -0.1) is 11.3 Å². The first-order valence-electron chi connectivity index (χ1n) is 6.06. The molecule has 0 atom stereocenters. The highest BCUT2D eigenvalue weighted by atomic mass is 79.9. The van der Waals surface area contributed by atoms with Crippen LogP contribution in [0.5, 0.6) is 0 Å². The standard InChI is InChI=1S/C15H11BrN2OS/c1-10-14(9-13-3-2-8-20-13)15(19)18(17-10)12-6-4-11(16)5-7-12/h2-9H,1H3. The number of thiophene rings is 1. The third-order valence-corrected chi connectivity index (χ3v) is 4.31. The molecule has 2 aromatic rings. The molecule has 0 aliphatic carbocycles. The monoisotopic (exact) mass is 346 g/mol. The molecule has 3 rings (SSSR count). The molecule has 5 heteroatoms. The smallest absolute Gasteiger partial charge is 0.267 e. The van der Waals surface area contributed by atoms with Crippen molar-refractivity contribution >= 4 is 50.6 Å². The van der Waals surface area contributed by atoms with Crippen LogP contribution in [0.1, 0.15) is 11.8 Å². The first-order chi connectivity index (χ1) is 9.65. The van der Waals surface area contributed by atoms with Crippen LogP contribution in [0.4, 0.5) is 5.69 Å². The predicted octanol–water partition coefficient (Wildman–Crippen LogP) is 4.32. The summed E-state index contributed by atoms with van der Waals surface area (Å²) in [4.78, 5) is 13.5. The van der Waals surface area contributed by atoms with Gasteiger partial charge in [-0.25, -0.2) is 0 Å². The minimum atomic E-state index is -0.0850. The molecule has 0 bridgehead atoms. The number of nitrogens with zero attached hydrogens (tertiary/aromatic N) is 2. The van der Waals surface area contributed by atoms with Gasteiger partial charge in [0.15, 0.2) is 0 Å². The molecular weight excluding hydrogens is 336 g/mol. The van der Waals surface area contributed by atoms with Crippen molar-refractivity contribution < 1.29 is 4.79 Å². The number of amides is 1. The van der Waals surface area contributed by atoms with Crippen LogP contribution >= 0.6 is 27.3 Å². The van der Waals surface area contributed by atoms with Crippen molar-refractivity contribution in [2.45, 2.75) is 6.92 Å². The van der Waals surface area contributed by atoms with Crippen molar-refractivity contribution in [3.63, 3.8) is 0 Å². The molecule has 0 N–H and O–H groups in total. The van der Waals surface area contributed by atoms with Crippen molar-refractivity contribution in [1.82, 2.24) is 0 Å². The van der Waals surface area contributed by atoms with Gasteiger partial charge in [0.2, 0.25) is 0 Å². The molecule has 0 radical (unpaired) electrons. The number of hydrazone groups is 1. The SMILES string of the molecule is CC1=NN(c2ccc(Br)cc2)C(=O)C1=Cc1cccs1. The van der Waals surface area contributed by atoms with E-state index in [9.17, 15) is 4.79 Å². The highest BCUT2D eigenvalue weighted by Gasteiger charge is 2.28. The second-order valence-corrected chi connectivity index (χ2v) is 6.25. The summed E-state index contributed by atoms with van der Waals surface area (Å²) in [6.45, 7) is 1.86. The van der Waals surface area contributed by atoms with Gasteiger partial charge in [-0.3, -0.25) is 4.79 Å². The van der Waals surface area contributed by atoms with Crippen LogP contribution in [0.15, 0.2) is 56.9 Å². The first-order valence-corrected chi connectivity index (χ1v) is 7.73. The number of hydrogen-bond donors (Lipinski definition) is 0. The van der Waals surface area contributed by atoms with Gasteiger partial charge < -0.3 is 0 Å². The third-order valence-electron chi connectivity index (χ3n) is 2.96. The summed E-state index contributed by atoms with van der Waals surface area (Å²) >= 11 is 4.99. The number of halogens is 1. The summed E-state index contributed by atoms with van der Waals surface area (Å²) in [6, 6.07) is 11.5. The Morgan fingerprint density at radius 1 is 1.25 bits per heavy atom. The number of rotatable bonds is 2. The van der Waals surface area contributed by atoms with Crippen molar-refractivity contribution in [2.24, 2.45) is 5.10 Å². The van der Waals surface area contributed by atoms with E-state index in [1.54, 1.807) is 11.3 Å². The second kappa shape index (κ2) is 5.34. The van der Waals surface area contributed by atoms with Crippen LogP contribution in [0.25, 0.3) is 6.08 Å². The van der Waals surface area contributed by atoms with Crippen molar-refractivity contribution in [2.75, 3.05) is 5.01 Å². The molecule has 1 amide bonds. The van der Waals surface area contributed by atoms with E-state index in [1.165, 1.54) is 5.01 Å². The zero-order valence-electron chi connectivity index (χ0n) is 10.7. The molecule has 0 saturated heterocycles. The lowest BCUT2D eigenvalue weighted by molar-refractivity contribution is -0.114. The highest BCUT2D eigenvalue weighted by Crippen LogP contribution is 2.26. The van der Waals surface area contributed by atoms with Gasteiger partial charge in [0.1, 0.15) is 0 Å². The van der Waals surface area contributed by atoms with E-state index in [0.717, 1.165) is 20.7 Å². The fourth-order valence-electron chi connectivity index (χ4n) is 1.96. The van der Waals surface area contributed by atoms with E-state index >= 15 is 0 Å². The number of carbonyl (C=O) groups excluding carboxylic acids is 1. The van der Waals surface area contributed by atoms with E-state index in [4.69, 9.17) is 0 Å². The van der Waals surface area contributed by atoms with E-state index in [-0.39, 0.29) is 5.91 Å².